The van der Waals surface area contributed by atoms with Crippen LogP contribution in [0.4, 0.5) is 0 Å². The molecule has 1 N–H and O–H groups in total. The molecular formula is C17H23N5O2. The van der Waals surface area contributed by atoms with E-state index in [1.54, 1.807) is 11.0 Å². The molecule has 0 unspecified atom stereocenters. The number of pyridine rings is 1. The lowest BCUT2D eigenvalue weighted by Crippen LogP contribution is -2.42. The Kier molecular flexibility index (Phi) is 4.36. The topological polar surface area (TPSA) is 84.0 Å². The average Bonchev–Trinajstić information content (AvgIpc) is 3.04. The van der Waals surface area contributed by atoms with E-state index in [0.717, 1.165) is 11.5 Å². The number of aryl methyl sites for hydroxylation is 1. The van der Waals surface area contributed by atoms with Crippen LogP contribution in [0.2, 0.25) is 0 Å². The van der Waals surface area contributed by atoms with E-state index < -0.39 is 0 Å². The highest BCUT2D eigenvalue weighted by Gasteiger charge is 2.30. The van der Waals surface area contributed by atoms with Gasteiger partial charge in [-0.15, -0.1) is 0 Å². The highest BCUT2D eigenvalue weighted by molar-refractivity contribution is 5.92. The van der Waals surface area contributed by atoms with Gasteiger partial charge in [-0.1, -0.05) is 26.8 Å². The zero-order valence-electron chi connectivity index (χ0n) is 14.5. The fourth-order valence-electron chi connectivity index (χ4n) is 2.58. The van der Waals surface area contributed by atoms with Crippen LogP contribution in [0, 0.1) is 6.92 Å². The second kappa shape index (κ2) is 6.32. The number of amides is 1. The van der Waals surface area contributed by atoms with Crippen molar-refractivity contribution in [2.24, 2.45) is 0 Å². The Morgan fingerprint density at radius 3 is 2.79 bits per heavy atom. The summed E-state index contributed by atoms with van der Waals surface area (Å²) in [6.45, 7) is 9.50. The van der Waals surface area contributed by atoms with Gasteiger partial charge >= 0.3 is 0 Å². The molecule has 7 nitrogen and oxygen atoms in total. The molecule has 2 aromatic heterocycles. The van der Waals surface area contributed by atoms with Crippen molar-refractivity contribution in [3.8, 4) is 0 Å². The predicted molar refractivity (Wildman–Crippen MR) is 88.7 cm³/mol. The summed E-state index contributed by atoms with van der Waals surface area (Å²) in [6.07, 6.45) is -0.295. The molecule has 1 amide bonds. The Bertz CT molecular complexity index is 735. The van der Waals surface area contributed by atoms with E-state index in [4.69, 9.17) is 4.74 Å². The largest absolute Gasteiger partial charge is 0.367 e. The lowest BCUT2D eigenvalue weighted by molar-refractivity contribution is -0.0268. The van der Waals surface area contributed by atoms with E-state index in [-0.39, 0.29) is 17.4 Å². The molecule has 7 heteroatoms. The maximum atomic E-state index is 12.7. The number of aromatic amines is 1. The molecule has 1 saturated heterocycles. The van der Waals surface area contributed by atoms with Crippen LogP contribution in [-0.4, -0.2) is 50.7 Å². The van der Waals surface area contributed by atoms with Gasteiger partial charge in [0.25, 0.3) is 5.91 Å². The summed E-state index contributed by atoms with van der Waals surface area (Å²) in [6, 6.07) is 5.47. The van der Waals surface area contributed by atoms with E-state index >= 15 is 0 Å². The molecule has 0 bridgehead atoms. The molecule has 3 heterocycles. The highest BCUT2D eigenvalue weighted by Crippen LogP contribution is 2.23. The number of ether oxygens (including phenoxy) is 1. The lowest BCUT2D eigenvalue weighted by Gasteiger charge is -2.31. The number of nitrogens with zero attached hydrogens (tertiary/aromatic N) is 4. The van der Waals surface area contributed by atoms with Crippen molar-refractivity contribution in [1.82, 2.24) is 25.1 Å². The Hall–Kier alpha value is -2.28. The van der Waals surface area contributed by atoms with Gasteiger partial charge in [0, 0.05) is 17.7 Å². The van der Waals surface area contributed by atoms with Gasteiger partial charge in [0.1, 0.15) is 11.8 Å². The minimum Gasteiger partial charge on any atom is -0.367 e. The van der Waals surface area contributed by atoms with Gasteiger partial charge in [-0.25, -0.2) is 9.97 Å². The monoisotopic (exact) mass is 329 g/mol. The molecule has 0 aliphatic carbocycles. The first-order valence-corrected chi connectivity index (χ1v) is 8.12. The minimum absolute atomic E-state index is 0.0810. The van der Waals surface area contributed by atoms with Gasteiger partial charge in [-0.2, -0.15) is 5.10 Å². The first kappa shape index (κ1) is 16.6. The zero-order chi connectivity index (χ0) is 17.3. The smallest absolute Gasteiger partial charge is 0.272 e. The summed E-state index contributed by atoms with van der Waals surface area (Å²) in [4.78, 5) is 23.3. The standard InChI is InChI=1S/C17H23N5O2/c1-11-6-5-7-12(18-11)15(23)22-8-9-24-13(10-22)14-19-16(21-20-14)17(2,3)4/h5-7,13H,8-10H2,1-4H3,(H,19,20,21)/t13-/m0/s1. The highest BCUT2D eigenvalue weighted by atomic mass is 16.5. The molecule has 2 aromatic rings. The molecule has 1 aliphatic heterocycles. The number of morpholine rings is 1. The van der Waals surface area contributed by atoms with Crippen LogP contribution in [-0.2, 0) is 10.2 Å². The fraction of sp³-hybridized carbons (Fsp3) is 0.529. The number of H-pyrrole nitrogens is 1. The van der Waals surface area contributed by atoms with Gasteiger partial charge in [0.15, 0.2) is 11.6 Å². The third-order valence-electron chi connectivity index (χ3n) is 3.94. The van der Waals surface area contributed by atoms with Gasteiger partial charge in [-0.05, 0) is 19.1 Å². The summed E-state index contributed by atoms with van der Waals surface area (Å²) < 4.78 is 5.78. The second-order valence-corrected chi connectivity index (χ2v) is 7.07. The number of rotatable bonds is 2. The molecule has 3 rings (SSSR count). The third kappa shape index (κ3) is 3.46. The molecule has 24 heavy (non-hydrogen) atoms. The van der Waals surface area contributed by atoms with Gasteiger partial charge in [0.2, 0.25) is 0 Å². The van der Waals surface area contributed by atoms with Crippen molar-refractivity contribution in [3.63, 3.8) is 0 Å². The number of carbonyl (C=O) groups is 1. The summed E-state index contributed by atoms with van der Waals surface area (Å²) in [5, 5.41) is 7.22. The van der Waals surface area contributed by atoms with Crippen LogP contribution < -0.4 is 0 Å². The number of nitrogens with one attached hydrogen (secondary N) is 1. The van der Waals surface area contributed by atoms with Crippen molar-refractivity contribution in [1.29, 1.82) is 0 Å². The molecule has 0 aromatic carbocycles. The fourth-order valence-corrected chi connectivity index (χ4v) is 2.58. The van der Waals surface area contributed by atoms with Crippen LogP contribution in [0.15, 0.2) is 18.2 Å². The van der Waals surface area contributed by atoms with Gasteiger partial charge in [0.05, 0.1) is 13.2 Å². The number of carbonyl (C=O) groups excluding carboxylic acids is 1. The van der Waals surface area contributed by atoms with Crippen LogP contribution >= 0.6 is 0 Å². The van der Waals surface area contributed by atoms with Crippen LogP contribution in [0.3, 0.4) is 0 Å². The molecule has 1 aliphatic rings. The first-order chi connectivity index (χ1) is 11.3. The minimum atomic E-state index is -0.295. The average molecular weight is 329 g/mol. The molecule has 0 radical (unpaired) electrons. The summed E-state index contributed by atoms with van der Waals surface area (Å²) in [5.41, 5.74) is 1.16. The van der Waals surface area contributed by atoms with Gasteiger partial charge < -0.3 is 9.64 Å². The van der Waals surface area contributed by atoms with Crippen molar-refractivity contribution < 1.29 is 9.53 Å². The quantitative estimate of drug-likeness (QED) is 0.911. The molecular weight excluding hydrogens is 306 g/mol. The van der Waals surface area contributed by atoms with Crippen molar-refractivity contribution in [3.05, 3.63) is 41.2 Å². The Balaban J connectivity index is 1.75. The second-order valence-electron chi connectivity index (χ2n) is 7.07. The SMILES string of the molecule is Cc1cccc(C(=O)N2CCO[C@H](c3nc(C(C)(C)C)n[nH]3)C2)n1. The predicted octanol–water partition coefficient (Wildman–Crippen LogP) is 2.02. The Morgan fingerprint density at radius 1 is 1.33 bits per heavy atom. The van der Waals surface area contributed by atoms with Gasteiger partial charge in [-0.3, -0.25) is 9.89 Å². The van der Waals surface area contributed by atoms with Crippen LogP contribution in [0.1, 0.15) is 54.7 Å². The number of hydrogen-bond donors (Lipinski definition) is 1. The number of aromatic nitrogens is 4. The molecule has 0 spiro atoms. The summed E-state index contributed by atoms with van der Waals surface area (Å²) in [7, 11) is 0. The molecule has 1 fully saturated rings. The first-order valence-electron chi connectivity index (χ1n) is 8.12. The van der Waals surface area contributed by atoms with E-state index in [2.05, 4.69) is 40.9 Å². The molecule has 128 valence electrons. The molecule has 0 saturated carbocycles. The summed E-state index contributed by atoms with van der Waals surface area (Å²) in [5.74, 6) is 1.32. The van der Waals surface area contributed by atoms with E-state index in [0.29, 0.717) is 31.2 Å². The van der Waals surface area contributed by atoms with Crippen LogP contribution in [0.5, 0.6) is 0 Å². The summed E-state index contributed by atoms with van der Waals surface area (Å²) >= 11 is 0. The normalized spacial score (nSPS) is 18.7. The van der Waals surface area contributed by atoms with E-state index in [1.807, 2.05) is 19.1 Å². The Labute approximate surface area is 141 Å². The van der Waals surface area contributed by atoms with E-state index in [1.165, 1.54) is 0 Å². The lowest BCUT2D eigenvalue weighted by atomic mass is 9.96. The van der Waals surface area contributed by atoms with Crippen molar-refractivity contribution in [2.75, 3.05) is 19.7 Å². The van der Waals surface area contributed by atoms with Crippen molar-refractivity contribution in [2.45, 2.75) is 39.2 Å². The Morgan fingerprint density at radius 2 is 2.12 bits per heavy atom. The molecule has 1 atom stereocenters. The van der Waals surface area contributed by atoms with Crippen molar-refractivity contribution >= 4 is 5.91 Å². The maximum absolute atomic E-state index is 12.7. The third-order valence-corrected chi connectivity index (χ3v) is 3.94. The maximum Gasteiger partial charge on any atom is 0.272 e. The van der Waals surface area contributed by atoms with Crippen LogP contribution in [0.25, 0.3) is 0 Å². The van der Waals surface area contributed by atoms with E-state index in [9.17, 15) is 4.79 Å². The number of hydrogen-bond acceptors (Lipinski definition) is 5. The zero-order valence-corrected chi connectivity index (χ0v) is 14.5.